The van der Waals surface area contributed by atoms with E-state index >= 15 is 0 Å². The number of hydrogen-bond donors (Lipinski definition) is 3. The molecule has 1 amide bonds. The van der Waals surface area contributed by atoms with Gasteiger partial charge in [0.1, 0.15) is 6.10 Å². The first-order valence-electron chi connectivity index (χ1n) is 4.31. The van der Waals surface area contributed by atoms with Crippen molar-refractivity contribution < 1.29 is 19.8 Å². The second-order valence-corrected chi connectivity index (χ2v) is 3.99. The number of aliphatic hydroxyl groups is 1. The molecule has 0 aromatic rings. The van der Waals surface area contributed by atoms with Gasteiger partial charge in [0.15, 0.2) is 5.37 Å². The Bertz CT molecular complexity index is 208. The number of amides is 1. The predicted molar refractivity (Wildman–Crippen MR) is 54.0 cm³/mol. The summed E-state index contributed by atoms with van der Waals surface area (Å²) in [4.78, 5) is 21.6. The van der Waals surface area contributed by atoms with Crippen LogP contribution in [0.1, 0.15) is 20.3 Å². The minimum absolute atomic E-state index is 0.650. The van der Waals surface area contributed by atoms with Crippen molar-refractivity contribution in [1.29, 1.82) is 0 Å². The monoisotopic (exact) mass is 221 g/mol. The fourth-order valence-electron chi connectivity index (χ4n) is 0.660. The molecule has 0 aliphatic carbocycles. The molecule has 0 aliphatic heterocycles. The molecule has 0 heterocycles. The molecule has 0 saturated heterocycles. The van der Waals surface area contributed by atoms with E-state index in [1.165, 1.54) is 6.92 Å². The molecule has 5 nitrogen and oxygen atoms in total. The molecule has 0 aliphatic rings. The Hall–Kier alpha value is -0.750. The largest absolute Gasteiger partial charge is 0.479 e. The van der Waals surface area contributed by atoms with Gasteiger partial charge in [-0.1, -0.05) is 6.92 Å². The Morgan fingerprint density at radius 3 is 2.43 bits per heavy atom. The summed E-state index contributed by atoms with van der Waals surface area (Å²) < 4.78 is 0. The minimum Gasteiger partial charge on any atom is -0.479 e. The number of carboxylic acids is 1. The van der Waals surface area contributed by atoms with Crippen LogP contribution in [0.15, 0.2) is 0 Å². The van der Waals surface area contributed by atoms with Gasteiger partial charge in [-0.3, -0.25) is 4.79 Å². The molecular formula is C8H15NO4S. The molecule has 3 N–H and O–H groups in total. The maximum absolute atomic E-state index is 11.0. The molecule has 0 saturated carbocycles. The van der Waals surface area contributed by atoms with Crippen LogP contribution in [-0.4, -0.2) is 39.3 Å². The lowest BCUT2D eigenvalue weighted by Crippen LogP contribution is -2.42. The van der Waals surface area contributed by atoms with Crippen molar-refractivity contribution >= 4 is 23.6 Å². The van der Waals surface area contributed by atoms with Crippen LogP contribution in [-0.2, 0) is 9.59 Å². The number of nitrogens with one attached hydrogen (secondary N) is 1. The van der Waals surface area contributed by atoms with Gasteiger partial charge >= 0.3 is 5.97 Å². The van der Waals surface area contributed by atoms with Crippen molar-refractivity contribution in [1.82, 2.24) is 5.32 Å². The molecule has 0 radical (unpaired) electrons. The molecule has 2 unspecified atom stereocenters. The third-order valence-corrected chi connectivity index (χ3v) is 2.66. The summed E-state index contributed by atoms with van der Waals surface area (Å²) in [7, 11) is 0. The van der Waals surface area contributed by atoms with Crippen molar-refractivity contribution in [2.45, 2.75) is 31.7 Å². The van der Waals surface area contributed by atoms with Crippen molar-refractivity contribution in [3.05, 3.63) is 0 Å². The Morgan fingerprint density at radius 1 is 1.50 bits per heavy atom. The highest BCUT2D eigenvalue weighted by Gasteiger charge is 2.21. The lowest BCUT2D eigenvalue weighted by atomic mass is 10.4. The first kappa shape index (κ1) is 13.2. The Kier molecular flexibility index (Phi) is 6.31. The summed E-state index contributed by atoms with van der Waals surface area (Å²) in [5.41, 5.74) is 0. The van der Waals surface area contributed by atoms with Crippen LogP contribution >= 0.6 is 11.8 Å². The van der Waals surface area contributed by atoms with Crippen LogP contribution in [0.4, 0.5) is 0 Å². The average Bonchev–Trinajstić information content (AvgIpc) is 2.10. The van der Waals surface area contributed by atoms with E-state index in [0.29, 0.717) is 5.75 Å². The average molecular weight is 221 g/mol. The van der Waals surface area contributed by atoms with Gasteiger partial charge in [-0.25, -0.2) is 4.79 Å². The number of thioether (sulfide) groups is 1. The number of carbonyl (C=O) groups excluding carboxylic acids is 1. The molecule has 14 heavy (non-hydrogen) atoms. The lowest BCUT2D eigenvalue weighted by molar-refractivity contribution is -0.140. The molecule has 82 valence electrons. The zero-order chi connectivity index (χ0) is 11.1. The Morgan fingerprint density at radius 2 is 2.07 bits per heavy atom. The topological polar surface area (TPSA) is 86.6 Å². The van der Waals surface area contributed by atoms with E-state index in [1.807, 2.05) is 6.92 Å². The normalized spacial score (nSPS) is 14.5. The molecule has 6 heteroatoms. The second-order valence-electron chi connectivity index (χ2n) is 2.77. The predicted octanol–water partition coefficient (Wildman–Crippen LogP) is 0.0373. The van der Waals surface area contributed by atoms with E-state index in [9.17, 15) is 9.59 Å². The van der Waals surface area contributed by atoms with E-state index in [2.05, 4.69) is 5.32 Å². The number of hydrogen-bond acceptors (Lipinski definition) is 4. The molecule has 2 atom stereocenters. The molecule has 0 aromatic carbocycles. The van der Waals surface area contributed by atoms with E-state index in [-0.39, 0.29) is 0 Å². The van der Waals surface area contributed by atoms with Gasteiger partial charge in [0.05, 0.1) is 0 Å². The maximum Gasteiger partial charge on any atom is 0.336 e. The van der Waals surface area contributed by atoms with Gasteiger partial charge in [0.25, 0.3) is 0 Å². The van der Waals surface area contributed by atoms with Crippen LogP contribution in [0.25, 0.3) is 0 Å². The summed E-state index contributed by atoms with van der Waals surface area (Å²) in [6.07, 6.45) is -0.349. The fraction of sp³-hybridized carbons (Fsp3) is 0.750. The zero-order valence-electron chi connectivity index (χ0n) is 8.19. The summed E-state index contributed by atoms with van der Waals surface area (Å²) in [6, 6.07) is 0. The van der Waals surface area contributed by atoms with Crippen LogP contribution in [0, 0.1) is 0 Å². The highest BCUT2D eigenvalue weighted by molar-refractivity contribution is 8.00. The van der Waals surface area contributed by atoms with Crippen LogP contribution in [0.5, 0.6) is 0 Å². The molecule has 0 spiro atoms. The first-order valence-corrected chi connectivity index (χ1v) is 5.36. The summed E-state index contributed by atoms with van der Waals surface area (Å²) in [6.45, 7) is 3.21. The van der Waals surface area contributed by atoms with Crippen molar-refractivity contribution in [3.8, 4) is 0 Å². The fourth-order valence-corrected chi connectivity index (χ4v) is 1.47. The maximum atomic E-state index is 11.0. The van der Waals surface area contributed by atoms with Crippen LogP contribution in [0.2, 0.25) is 0 Å². The van der Waals surface area contributed by atoms with Crippen molar-refractivity contribution in [3.63, 3.8) is 0 Å². The van der Waals surface area contributed by atoms with Gasteiger partial charge in [-0.2, -0.15) is 0 Å². The molecule has 0 fully saturated rings. The summed E-state index contributed by atoms with van der Waals surface area (Å²) >= 11 is 1.13. The van der Waals surface area contributed by atoms with Crippen LogP contribution in [0.3, 0.4) is 0 Å². The quantitative estimate of drug-likeness (QED) is 0.551. The number of carbonyl (C=O) groups is 2. The van der Waals surface area contributed by atoms with Crippen molar-refractivity contribution in [2.75, 3.05) is 5.75 Å². The highest BCUT2D eigenvalue weighted by Crippen LogP contribution is 2.09. The Balaban J connectivity index is 4.09. The van der Waals surface area contributed by atoms with Gasteiger partial charge in [-0.05, 0) is 19.1 Å². The number of aliphatic carboxylic acids is 1. The lowest BCUT2D eigenvalue weighted by Gasteiger charge is -2.14. The third kappa shape index (κ3) is 5.08. The van der Waals surface area contributed by atoms with E-state index in [0.717, 1.165) is 18.2 Å². The Labute approximate surface area is 86.9 Å². The summed E-state index contributed by atoms with van der Waals surface area (Å²) in [5.74, 6) is -1.12. The minimum atomic E-state index is -1.18. The number of rotatable bonds is 6. The van der Waals surface area contributed by atoms with Gasteiger partial charge < -0.3 is 15.5 Å². The molecule has 0 aromatic heterocycles. The molecule has 0 rings (SSSR count). The van der Waals surface area contributed by atoms with Gasteiger partial charge in [-0.15, -0.1) is 11.8 Å². The highest BCUT2D eigenvalue weighted by atomic mass is 32.2. The molecule has 0 bridgehead atoms. The van der Waals surface area contributed by atoms with Gasteiger partial charge in [0.2, 0.25) is 5.91 Å². The standard InChI is InChI=1S/C8H15NO4S/c1-3-4-14-7(8(12)13)9-6(11)5(2)10/h5,7,10H,3-4H2,1-2H3,(H,9,11)(H,12,13). The first-order chi connectivity index (χ1) is 6.49. The third-order valence-electron chi connectivity index (χ3n) is 1.37. The second kappa shape index (κ2) is 6.67. The smallest absolute Gasteiger partial charge is 0.336 e. The number of carboxylic acid groups (broad SMARTS) is 1. The van der Waals surface area contributed by atoms with Crippen LogP contribution < -0.4 is 5.32 Å². The van der Waals surface area contributed by atoms with Gasteiger partial charge in [0, 0.05) is 0 Å². The SMILES string of the molecule is CCCSC(NC(=O)C(C)O)C(=O)O. The zero-order valence-corrected chi connectivity index (χ0v) is 9.00. The number of aliphatic hydroxyl groups excluding tert-OH is 1. The van der Waals surface area contributed by atoms with E-state index in [1.54, 1.807) is 0 Å². The summed E-state index contributed by atoms with van der Waals surface area (Å²) in [5, 5.41) is 18.8. The van der Waals surface area contributed by atoms with E-state index in [4.69, 9.17) is 10.2 Å². The van der Waals surface area contributed by atoms with E-state index < -0.39 is 23.4 Å². The van der Waals surface area contributed by atoms with Crippen molar-refractivity contribution in [2.24, 2.45) is 0 Å². The molecular weight excluding hydrogens is 206 g/mol.